The molecule has 0 atom stereocenters. The van der Waals surface area contributed by atoms with Crippen LogP contribution in [0.1, 0.15) is 25.7 Å². The van der Waals surface area contributed by atoms with Crippen LogP contribution >= 0.6 is 27.5 Å². The zero-order valence-electron chi connectivity index (χ0n) is 10.1. The zero-order chi connectivity index (χ0) is 14.0. The van der Waals surface area contributed by atoms with E-state index in [-0.39, 0.29) is 16.5 Å². The third kappa shape index (κ3) is 4.07. The maximum absolute atomic E-state index is 13.1. The van der Waals surface area contributed by atoms with Crippen molar-refractivity contribution in [1.29, 1.82) is 0 Å². The smallest absolute Gasteiger partial charge is 0.232 e. The predicted octanol–water partition coefficient (Wildman–Crippen LogP) is 4.17. The molecule has 0 bridgehead atoms. The van der Waals surface area contributed by atoms with Gasteiger partial charge in [0.15, 0.2) is 0 Å². The molecule has 1 N–H and O–H groups in total. The summed E-state index contributed by atoms with van der Waals surface area (Å²) in [7, 11) is -3.45. The van der Waals surface area contributed by atoms with E-state index in [4.69, 9.17) is 11.6 Å². The fourth-order valence-electron chi connectivity index (χ4n) is 1.95. The Labute approximate surface area is 125 Å². The van der Waals surface area contributed by atoms with Gasteiger partial charge in [0, 0.05) is 4.47 Å². The summed E-state index contributed by atoms with van der Waals surface area (Å²) < 4.78 is 39.7. The minimum atomic E-state index is -3.45. The summed E-state index contributed by atoms with van der Waals surface area (Å²) in [6.45, 7) is 0. The van der Waals surface area contributed by atoms with Crippen LogP contribution in [-0.2, 0) is 10.0 Å². The average molecular weight is 371 g/mol. The molecule has 1 fully saturated rings. The van der Waals surface area contributed by atoms with Crippen molar-refractivity contribution in [2.45, 2.75) is 25.7 Å². The summed E-state index contributed by atoms with van der Waals surface area (Å²) >= 11 is 8.95. The molecular formula is C12H14BrClFNO2S. The van der Waals surface area contributed by atoms with Crippen LogP contribution in [0.4, 0.5) is 10.1 Å². The van der Waals surface area contributed by atoms with E-state index >= 15 is 0 Å². The van der Waals surface area contributed by atoms with Crippen molar-refractivity contribution in [3.05, 3.63) is 27.4 Å². The van der Waals surface area contributed by atoms with Gasteiger partial charge in [-0.15, -0.1) is 0 Å². The first-order valence-electron chi connectivity index (χ1n) is 6.02. The van der Waals surface area contributed by atoms with Gasteiger partial charge in [0.05, 0.1) is 16.5 Å². The molecule has 0 aliphatic heterocycles. The van der Waals surface area contributed by atoms with E-state index in [9.17, 15) is 12.8 Å². The molecule has 0 saturated heterocycles. The molecule has 0 spiro atoms. The van der Waals surface area contributed by atoms with Gasteiger partial charge in [0.25, 0.3) is 0 Å². The van der Waals surface area contributed by atoms with E-state index in [1.807, 2.05) is 0 Å². The van der Waals surface area contributed by atoms with E-state index in [1.165, 1.54) is 12.5 Å². The van der Waals surface area contributed by atoms with Gasteiger partial charge < -0.3 is 0 Å². The summed E-state index contributed by atoms with van der Waals surface area (Å²) in [5.74, 6) is 0.0654. The zero-order valence-corrected chi connectivity index (χ0v) is 13.3. The standard InChI is InChI=1S/C12H14BrClFNO2S/c13-10-6-9(15)7-11(14)12(10)16-19(17,18)5-4-8-2-1-3-8/h6-8,16H,1-5H2. The van der Waals surface area contributed by atoms with E-state index in [0.717, 1.165) is 18.9 Å². The van der Waals surface area contributed by atoms with Crippen LogP contribution in [0, 0.1) is 11.7 Å². The highest BCUT2D eigenvalue weighted by Gasteiger charge is 2.22. The average Bonchev–Trinajstić information content (AvgIpc) is 2.21. The molecule has 2 rings (SSSR count). The lowest BCUT2D eigenvalue weighted by Crippen LogP contribution is -2.22. The van der Waals surface area contributed by atoms with E-state index in [1.54, 1.807) is 0 Å². The van der Waals surface area contributed by atoms with Crippen LogP contribution in [0.15, 0.2) is 16.6 Å². The molecule has 0 radical (unpaired) electrons. The highest BCUT2D eigenvalue weighted by molar-refractivity contribution is 9.10. The third-order valence-corrected chi connectivity index (χ3v) is 5.50. The summed E-state index contributed by atoms with van der Waals surface area (Å²) in [5, 5.41) is 0.0408. The number of nitrogens with one attached hydrogen (secondary N) is 1. The van der Waals surface area contributed by atoms with Gasteiger partial charge in [0.2, 0.25) is 10.0 Å². The molecule has 0 amide bonds. The molecule has 1 aliphatic carbocycles. The first kappa shape index (κ1) is 15.1. The molecule has 19 heavy (non-hydrogen) atoms. The Morgan fingerprint density at radius 1 is 1.42 bits per heavy atom. The number of sulfonamides is 1. The Morgan fingerprint density at radius 3 is 2.63 bits per heavy atom. The quantitative estimate of drug-likeness (QED) is 0.845. The van der Waals surface area contributed by atoms with Gasteiger partial charge >= 0.3 is 0 Å². The van der Waals surface area contributed by atoms with Gasteiger partial charge in [-0.25, -0.2) is 12.8 Å². The van der Waals surface area contributed by atoms with Crippen LogP contribution in [0.25, 0.3) is 0 Å². The summed E-state index contributed by atoms with van der Waals surface area (Å²) in [6, 6.07) is 2.26. The monoisotopic (exact) mass is 369 g/mol. The number of hydrogen-bond acceptors (Lipinski definition) is 2. The topological polar surface area (TPSA) is 46.2 Å². The van der Waals surface area contributed by atoms with Crippen molar-refractivity contribution in [3.8, 4) is 0 Å². The van der Waals surface area contributed by atoms with Crippen molar-refractivity contribution in [1.82, 2.24) is 0 Å². The lowest BCUT2D eigenvalue weighted by Gasteiger charge is -2.25. The van der Waals surface area contributed by atoms with Crippen LogP contribution in [0.2, 0.25) is 5.02 Å². The van der Waals surface area contributed by atoms with Gasteiger partial charge in [-0.1, -0.05) is 30.9 Å². The van der Waals surface area contributed by atoms with Crippen molar-refractivity contribution in [3.63, 3.8) is 0 Å². The van der Waals surface area contributed by atoms with Gasteiger partial charge in [-0.05, 0) is 40.4 Å². The lowest BCUT2D eigenvalue weighted by molar-refractivity contribution is 0.307. The fraction of sp³-hybridized carbons (Fsp3) is 0.500. The number of rotatable bonds is 5. The SMILES string of the molecule is O=S(=O)(CCC1CCC1)Nc1c(Cl)cc(F)cc1Br. The van der Waals surface area contributed by atoms with Gasteiger partial charge in [-0.3, -0.25) is 4.72 Å². The van der Waals surface area contributed by atoms with Crippen LogP contribution in [0.5, 0.6) is 0 Å². The Morgan fingerprint density at radius 2 is 2.11 bits per heavy atom. The molecule has 1 aliphatic rings. The minimum absolute atomic E-state index is 0.0408. The molecule has 1 aromatic rings. The fourth-order valence-corrected chi connectivity index (χ4v) is 4.31. The molecule has 1 saturated carbocycles. The van der Waals surface area contributed by atoms with E-state index < -0.39 is 15.8 Å². The predicted molar refractivity (Wildman–Crippen MR) is 78.5 cm³/mol. The molecule has 0 heterocycles. The van der Waals surface area contributed by atoms with Gasteiger partial charge in [0.1, 0.15) is 5.82 Å². The number of benzene rings is 1. The van der Waals surface area contributed by atoms with E-state index in [2.05, 4.69) is 20.7 Å². The largest absolute Gasteiger partial charge is 0.281 e. The minimum Gasteiger partial charge on any atom is -0.281 e. The second kappa shape index (κ2) is 5.97. The highest BCUT2D eigenvalue weighted by Crippen LogP contribution is 2.33. The van der Waals surface area contributed by atoms with Crippen molar-refractivity contribution < 1.29 is 12.8 Å². The number of anilines is 1. The van der Waals surface area contributed by atoms with Crippen LogP contribution in [0.3, 0.4) is 0 Å². The summed E-state index contributed by atoms with van der Waals surface area (Å²) in [4.78, 5) is 0. The maximum atomic E-state index is 13.1. The van der Waals surface area contributed by atoms with Crippen LogP contribution in [-0.4, -0.2) is 14.2 Å². The van der Waals surface area contributed by atoms with Gasteiger partial charge in [-0.2, -0.15) is 0 Å². The Hall–Kier alpha value is -0.330. The molecular weight excluding hydrogens is 357 g/mol. The van der Waals surface area contributed by atoms with Crippen molar-refractivity contribution in [2.75, 3.05) is 10.5 Å². The Balaban J connectivity index is 2.06. The summed E-state index contributed by atoms with van der Waals surface area (Å²) in [5.41, 5.74) is 0.191. The van der Waals surface area contributed by atoms with E-state index in [0.29, 0.717) is 16.8 Å². The second-order valence-electron chi connectivity index (χ2n) is 4.75. The third-order valence-electron chi connectivity index (χ3n) is 3.28. The Kier molecular flexibility index (Phi) is 4.74. The first-order valence-corrected chi connectivity index (χ1v) is 8.85. The highest BCUT2D eigenvalue weighted by atomic mass is 79.9. The molecule has 0 unspecified atom stereocenters. The molecule has 106 valence electrons. The van der Waals surface area contributed by atoms with Crippen molar-refractivity contribution in [2.24, 2.45) is 5.92 Å². The molecule has 7 heteroatoms. The first-order chi connectivity index (χ1) is 8.87. The van der Waals surface area contributed by atoms with Crippen LogP contribution < -0.4 is 4.72 Å². The lowest BCUT2D eigenvalue weighted by atomic mass is 9.84. The second-order valence-corrected chi connectivity index (χ2v) is 7.85. The number of hydrogen-bond donors (Lipinski definition) is 1. The summed E-state index contributed by atoms with van der Waals surface area (Å²) in [6.07, 6.45) is 4.06. The number of halogens is 3. The Bertz CT molecular complexity index is 552. The van der Waals surface area contributed by atoms with Crippen molar-refractivity contribution >= 4 is 43.2 Å². The maximum Gasteiger partial charge on any atom is 0.232 e. The molecule has 0 aromatic heterocycles. The molecule has 1 aromatic carbocycles. The molecule has 3 nitrogen and oxygen atoms in total. The normalized spacial score (nSPS) is 16.2.